The summed E-state index contributed by atoms with van der Waals surface area (Å²) in [7, 11) is 0. The molecule has 0 aliphatic carbocycles. The maximum atomic E-state index is 12.9. The Morgan fingerprint density at radius 2 is 2.00 bits per heavy atom. The van der Waals surface area contributed by atoms with Gasteiger partial charge in [-0.3, -0.25) is 14.9 Å². The van der Waals surface area contributed by atoms with Crippen LogP contribution in [0.3, 0.4) is 0 Å². The number of rotatable bonds is 4. The van der Waals surface area contributed by atoms with Gasteiger partial charge in [0.05, 0.1) is 11.0 Å². The molecule has 0 spiro atoms. The average molecular weight is 245 g/mol. The average Bonchev–Trinajstić information content (AvgIpc) is 2.28. The van der Waals surface area contributed by atoms with E-state index in [1.807, 2.05) is 0 Å². The smallest absolute Gasteiger partial charge is 0.285 e. The van der Waals surface area contributed by atoms with E-state index >= 15 is 0 Å². The number of nitrogens with zero attached hydrogens (tertiary/aromatic N) is 1. The molecule has 1 rings (SSSR count). The Morgan fingerprint density at radius 1 is 1.41 bits per heavy atom. The molecule has 0 radical (unpaired) electrons. The zero-order chi connectivity index (χ0) is 13.0. The summed E-state index contributed by atoms with van der Waals surface area (Å²) in [4.78, 5) is 21.0. The topological polar surface area (TPSA) is 98.3 Å². The van der Waals surface area contributed by atoms with Crippen LogP contribution in [0.5, 0.6) is 0 Å². The van der Waals surface area contributed by atoms with Crippen LogP contribution in [0, 0.1) is 21.7 Å². The summed E-state index contributed by atoms with van der Waals surface area (Å²) in [6, 6.07) is 0.853. The number of amides is 1. The quantitative estimate of drug-likeness (QED) is 0.598. The lowest BCUT2D eigenvalue weighted by molar-refractivity contribution is -0.385. The number of benzene rings is 1. The predicted octanol–water partition coefficient (Wildman–Crippen LogP) is 0.561. The Hall–Kier alpha value is -2.09. The fourth-order valence-corrected chi connectivity index (χ4v) is 1.15. The second kappa shape index (κ2) is 5.30. The Kier molecular flexibility index (Phi) is 4.05. The van der Waals surface area contributed by atoms with Crippen LogP contribution in [-0.2, 0) is 0 Å². The first-order valence-corrected chi connectivity index (χ1v) is 4.59. The van der Waals surface area contributed by atoms with Crippen molar-refractivity contribution in [3.05, 3.63) is 39.4 Å². The van der Waals surface area contributed by atoms with Crippen molar-refractivity contribution in [3.63, 3.8) is 0 Å². The summed E-state index contributed by atoms with van der Waals surface area (Å²) in [5, 5.41) is 12.8. The largest absolute Gasteiger partial charge is 0.351 e. The molecule has 1 amide bonds. The van der Waals surface area contributed by atoms with Crippen LogP contribution in [-0.4, -0.2) is 23.9 Å². The van der Waals surface area contributed by atoms with E-state index in [9.17, 15) is 23.7 Å². The van der Waals surface area contributed by atoms with Gasteiger partial charge in [-0.15, -0.1) is 0 Å². The number of nitrogens with one attached hydrogen (secondary N) is 1. The van der Waals surface area contributed by atoms with Gasteiger partial charge in [0.1, 0.15) is 5.56 Å². The molecule has 0 aromatic heterocycles. The molecule has 3 N–H and O–H groups in total. The SMILES string of the molecule is NCCNC(=O)c1cc(F)c(F)cc1[N+](=O)[O-]. The standard InChI is InChI=1S/C9H9F2N3O3/c10-6-3-5(9(15)13-2-1-12)8(14(16)17)4-7(6)11/h3-4H,1-2,12H2,(H,13,15). The highest BCUT2D eigenvalue weighted by Gasteiger charge is 2.23. The monoisotopic (exact) mass is 245 g/mol. The molecule has 0 bridgehead atoms. The Bertz CT molecular complexity index is 465. The van der Waals surface area contributed by atoms with Crippen LogP contribution >= 0.6 is 0 Å². The van der Waals surface area contributed by atoms with Crippen molar-refractivity contribution in [2.45, 2.75) is 0 Å². The molecule has 92 valence electrons. The summed E-state index contributed by atoms with van der Waals surface area (Å²) < 4.78 is 25.7. The minimum atomic E-state index is -1.38. The van der Waals surface area contributed by atoms with E-state index < -0.39 is 33.7 Å². The fraction of sp³-hybridized carbons (Fsp3) is 0.222. The number of nitrogens with two attached hydrogens (primary N) is 1. The van der Waals surface area contributed by atoms with Crippen molar-refractivity contribution in [2.75, 3.05) is 13.1 Å². The lowest BCUT2D eigenvalue weighted by Crippen LogP contribution is -2.29. The Balaban J connectivity index is 3.16. The number of hydrogen-bond acceptors (Lipinski definition) is 4. The van der Waals surface area contributed by atoms with Gasteiger partial charge in [-0.2, -0.15) is 0 Å². The lowest BCUT2D eigenvalue weighted by atomic mass is 10.1. The molecule has 0 aliphatic rings. The van der Waals surface area contributed by atoms with Gasteiger partial charge in [0.2, 0.25) is 0 Å². The predicted molar refractivity (Wildman–Crippen MR) is 54.4 cm³/mol. The first kappa shape index (κ1) is 13.0. The van der Waals surface area contributed by atoms with Gasteiger partial charge in [-0.05, 0) is 6.07 Å². The van der Waals surface area contributed by atoms with E-state index in [0.717, 1.165) is 0 Å². The van der Waals surface area contributed by atoms with Gasteiger partial charge >= 0.3 is 0 Å². The minimum Gasteiger partial charge on any atom is -0.351 e. The van der Waals surface area contributed by atoms with Gasteiger partial charge in [-0.25, -0.2) is 8.78 Å². The normalized spacial score (nSPS) is 10.1. The lowest BCUT2D eigenvalue weighted by Gasteiger charge is -2.04. The van der Waals surface area contributed by atoms with Crippen LogP contribution < -0.4 is 11.1 Å². The molecule has 0 heterocycles. The molecule has 17 heavy (non-hydrogen) atoms. The van der Waals surface area contributed by atoms with Crippen molar-refractivity contribution >= 4 is 11.6 Å². The van der Waals surface area contributed by atoms with Crippen molar-refractivity contribution in [3.8, 4) is 0 Å². The van der Waals surface area contributed by atoms with Crippen LogP contribution in [0.2, 0.25) is 0 Å². The van der Waals surface area contributed by atoms with Crippen LogP contribution in [0.1, 0.15) is 10.4 Å². The van der Waals surface area contributed by atoms with Gasteiger partial charge < -0.3 is 11.1 Å². The maximum Gasteiger partial charge on any atom is 0.285 e. The van der Waals surface area contributed by atoms with E-state index in [-0.39, 0.29) is 13.1 Å². The molecule has 1 aromatic rings. The molecule has 0 fully saturated rings. The third-order valence-corrected chi connectivity index (χ3v) is 1.91. The zero-order valence-corrected chi connectivity index (χ0v) is 8.57. The van der Waals surface area contributed by atoms with Crippen LogP contribution in [0.4, 0.5) is 14.5 Å². The molecule has 0 saturated carbocycles. The van der Waals surface area contributed by atoms with E-state index in [4.69, 9.17) is 5.73 Å². The first-order valence-electron chi connectivity index (χ1n) is 4.59. The van der Waals surface area contributed by atoms with Crippen molar-refractivity contribution in [2.24, 2.45) is 5.73 Å². The number of carbonyl (C=O) groups is 1. The van der Waals surface area contributed by atoms with Gasteiger partial charge in [0, 0.05) is 13.1 Å². The van der Waals surface area contributed by atoms with E-state index in [1.165, 1.54) is 0 Å². The highest BCUT2D eigenvalue weighted by molar-refractivity contribution is 5.98. The second-order valence-corrected chi connectivity index (χ2v) is 3.09. The molecule has 0 aliphatic heterocycles. The molecule has 0 unspecified atom stereocenters. The summed E-state index contributed by atoms with van der Waals surface area (Å²) in [5.74, 6) is -3.58. The number of halogens is 2. The molecule has 1 aromatic carbocycles. The Labute approximate surface area is 94.6 Å². The minimum absolute atomic E-state index is 0.0784. The van der Waals surface area contributed by atoms with Gasteiger partial charge in [0.15, 0.2) is 11.6 Å². The number of nitro groups is 1. The highest BCUT2D eigenvalue weighted by atomic mass is 19.2. The first-order chi connectivity index (χ1) is 7.97. The van der Waals surface area contributed by atoms with E-state index in [0.29, 0.717) is 12.1 Å². The second-order valence-electron chi connectivity index (χ2n) is 3.09. The van der Waals surface area contributed by atoms with Crippen LogP contribution in [0.15, 0.2) is 12.1 Å². The number of hydrogen-bond donors (Lipinski definition) is 2. The molecule has 0 saturated heterocycles. The number of nitro benzene ring substituents is 1. The molecule has 8 heteroatoms. The third kappa shape index (κ3) is 2.94. The summed E-state index contributed by atoms with van der Waals surface area (Å²) in [6.07, 6.45) is 0. The van der Waals surface area contributed by atoms with E-state index in [2.05, 4.69) is 5.32 Å². The van der Waals surface area contributed by atoms with Crippen molar-refractivity contribution < 1.29 is 18.5 Å². The van der Waals surface area contributed by atoms with Crippen molar-refractivity contribution in [1.82, 2.24) is 5.32 Å². The zero-order valence-electron chi connectivity index (χ0n) is 8.57. The summed E-state index contributed by atoms with van der Waals surface area (Å²) in [5.41, 5.74) is 3.79. The maximum absolute atomic E-state index is 12.9. The summed E-state index contributed by atoms with van der Waals surface area (Å²) in [6.45, 7) is 0.207. The van der Waals surface area contributed by atoms with Crippen molar-refractivity contribution in [1.29, 1.82) is 0 Å². The molecular formula is C9H9F2N3O3. The molecule has 6 nitrogen and oxygen atoms in total. The van der Waals surface area contributed by atoms with Gasteiger partial charge in [0.25, 0.3) is 11.6 Å². The molecular weight excluding hydrogens is 236 g/mol. The van der Waals surface area contributed by atoms with E-state index in [1.54, 1.807) is 0 Å². The summed E-state index contributed by atoms with van der Waals surface area (Å²) >= 11 is 0. The molecule has 0 atom stereocenters. The third-order valence-electron chi connectivity index (χ3n) is 1.91. The highest BCUT2D eigenvalue weighted by Crippen LogP contribution is 2.22. The number of carbonyl (C=O) groups excluding carboxylic acids is 1. The van der Waals surface area contributed by atoms with Crippen LogP contribution in [0.25, 0.3) is 0 Å². The Morgan fingerprint density at radius 3 is 2.53 bits per heavy atom. The van der Waals surface area contributed by atoms with Gasteiger partial charge in [-0.1, -0.05) is 0 Å². The fourth-order valence-electron chi connectivity index (χ4n) is 1.15.